The Labute approximate surface area is 183 Å². The van der Waals surface area contributed by atoms with Crippen molar-refractivity contribution in [3.8, 4) is 11.4 Å². The van der Waals surface area contributed by atoms with Gasteiger partial charge in [0.1, 0.15) is 0 Å². The molecule has 0 spiro atoms. The molecule has 4 N–H and O–H groups in total. The maximum atomic E-state index is 11.8. The van der Waals surface area contributed by atoms with Gasteiger partial charge in [-0.1, -0.05) is 18.2 Å². The van der Waals surface area contributed by atoms with Gasteiger partial charge in [-0.15, -0.1) is 0 Å². The number of hydrogen-bond acceptors (Lipinski definition) is 8. The number of nitrogens with zero attached hydrogens (tertiary/aromatic N) is 5. The minimum atomic E-state index is -0.483. The summed E-state index contributed by atoms with van der Waals surface area (Å²) in [5.41, 5.74) is 9.13. The van der Waals surface area contributed by atoms with E-state index in [9.17, 15) is 4.79 Å². The number of morpholine rings is 1. The summed E-state index contributed by atoms with van der Waals surface area (Å²) in [6.07, 6.45) is 1.76. The molecule has 0 unspecified atom stereocenters. The van der Waals surface area contributed by atoms with E-state index in [1.807, 2.05) is 31.2 Å². The van der Waals surface area contributed by atoms with E-state index in [4.69, 9.17) is 20.4 Å². The number of rotatable bonds is 5. The number of aromatic amines is 1. The molecule has 3 heterocycles. The lowest BCUT2D eigenvalue weighted by Gasteiger charge is -2.27. The van der Waals surface area contributed by atoms with Crippen LogP contribution in [0.25, 0.3) is 22.3 Å². The number of H-pyrrole nitrogens is 1. The average molecular weight is 430 g/mol. The molecule has 1 fully saturated rings. The van der Waals surface area contributed by atoms with Crippen molar-refractivity contribution >= 4 is 34.4 Å². The quantitative estimate of drug-likeness (QED) is 0.439. The van der Waals surface area contributed by atoms with Crippen molar-refractivity contribution in [2.75, 3.05) is 36.5 Å². The number of nitrogens with two attached hydrogens (primary N) is 1. The fourth-order valence-corrected chi connectivity index (χ4v) is 3.77. The van der Waals surface area contributed by atoms with Crippen molar-refractivity contribution in [3.05, 3.63) is 53.7 Å². The Hall–Kier alpha value is -4.05. The van der Waals surface area contributed by atoms with Gasteiger partial charge < -0.3 is 20.7 Å². The van der Waals surface area contributed by atoms with Crippen LogP contribution in [0.2, 0.25) is 0 Å². The number of ether oxygens (including phenoxy) is 1. The Bertz CT molecular complexity index is 1300. The summed E-state index contributed by atoms with van der Waals surface area (Å²) in [7, 11) is 0. The lowest BCUT2D eigenvalue weighted by atomic mass is 10.1. The second kappa shape index (κ2) is 8.23. The lowest BCUT2D eigenvalue weighted by molar-refractivity contribution is 0.0999. The van der Waals surface area contributed by atoms with E-state index in [2.05, 4.69) is 25.4 Å². The highest BCUT2D eigenvalue weighted by molar-refractivity contribution is 5.96. The van der Waals surface area contributed by atoms with Gasteiger partial charge in [0.2, 0.25) is 17.8 Å². The van der Waals surface area contributed by atoms with Gasteiger partial charge in [0, 0.05) is 35.3 Å². The number of nitrogens with one attached hydrogen (secondary N) is 2. The molecule has 0 bridgehead atoms. The Morgan fingerprint density at radius 2 is 1.94 bits per heavy atom. The van der Waals surface area contributed by atoms with Crippen LogP contribution in [0.4, 0.5) is 17.6 Å². The third-order valence-electron chi connectivity index (χ3n) is 5.49. The topological polar surface area (TPSA) is 135 Å². The summed E-state index contributed by atoms with van der Waals surface area (Å²) in [5.74, 6) is 0.981. The first-order valence-electron chi connectivity index (χ1n) is 10.3. The summed E-state index contributed by atoms with van der Waals surface area (Å²) < 4.78 is 5.48. The van der Waals surface area contributed by atoms with E-state index >= 15 is 0 Å². The second-order valence-electron chi connectivity index (χ2n) is 7.49. The van der Waals surface area contributed by atoms with Gasteiger partial charge >= 0.3 is 0 Å². The van der Waals surface area contributed by atoms with Crippen molar-refractivity contribution in [2.24, 2.45) is 5.73 Å². The molecule has 0 radical (unpaired) electrons. The van der Waals surface area contributed by atoms with Crippen LogP contribution >= 0.6 is 0 Å². The normalized spacial score (nSPS) is 14.0. The molecule has 1 aliphatic heterocycles. The Balaban J connectivity index is 1.61. The molecule has 162 valence electrons. The molecule has 1 saturated heterocycles. The zero-order valence-corrected chi connectivity index (χ0v) is 17.5. The molecule has 4 aromatic rings. The minimum absolute atomic E-state index is 0.377. The molecule has 0 saturated carbocycles. The van der Waals surface area contributed by atoms with Crippen LogP contribution in [0.1, 0.15) is 15.9 Å². The van der Waals surface area contributed by atoms with Crippen molar-refractivity contribution < 1.29 is 9.53 Å². The molecule has 1 aliphatic rings. The SMILES string of the molecule is Cc1c(Nc2nc(-c3cccc4[nH]ncc34)nc(N3CCOCC3)n2)cccc1C(N)=O. The second-order valence-corrected chi connectivity index (χ2v) is 7.49. The highest BCUT2D eigenvalue weighted by Gasteiger charge is 2.19. The number of primary amides is 1. The molecule has 0 atom stereocenters. The molecule has 10 nitrogen and oxygen atoms in total. The highest BCUT2D eigenvalue weighted by Crippen LogP contribution is 2.28. The lowest BCUT2D eigenvalue weighted by Crippen LogP contribution is -2.37. The molecule has 0 aliphatic carbocycles. The third-order valence-corrected chi connectivity index (χ3v) is 5.49. The first kappa shape index (κ1) is 19.9. The predicted molar refractivity (Wildman–Crippen MR) is 121 cm³/mol. The summed E-state index contributed by atoms with van der Waals surface area (Å²) in [6.45, 7) is 4.44. The molecular formula is C22H22N8O2. The number of fused-ring (bicyclic) bond motifs is 1. The molecule has 2 aromatic carbocycles. The summed E-state index contributed by atoms with van der Waals surface area (Å²) in [6, 6.07) is 11.2. The van der Waals surface area contributed by atoms with Crippen LogP contribution in [-0.2, 0) is 4.74 Å². The van der Waals surface area contributed by atoms with Crippen molar-refractivity contribution in [3.63, 3.8) is 0 Å². The van der Waals surface area contributed by atoms with Crippen LogP contribution in [0.5, 0.6) is 0 Å². The maximum absolute atomic E-state index is 11.8. The molecule has 5 rings (SSSR count). The van der Waals surface area contributed by atoms with Gasteiger partial charge in [0.05, 0.1) is 24.9 Å². The van der Waals surface area contributed by atoms with E-state index in [1.54, 1.807) is 18.3 Å². The van der Waals surface area contributed by atoms with Crippen molar-refractivity contribution in [2.45, 2.75) is 6.92 Å². The zero-order valence-electron chi connectivity index (χ0n) is 17.5. The number of hydrogen-bond donors (Lipinski definition) is 3. The van der Waals surface area contributed by atoms with Gasteiger partial charge in [0.15, 0.2) is 5.82 Å². The van der Waals surface area contributed by atoms with Crippen LogP contribution in [-0.4, -0.2) is 57.4 Å². The van der Waals surface area contributed by atoms with Gasteiger partial charge in [-0.3, -0.25) is 9.89 Å². The Kier molecular flexibility index (Phi) is 5.12. The van der Waals surface area contributed by atoms with Crippen LogP contribution in [0.15, 0.2) is 42.6 Å². The van der Waals surface area contributed by atoms with E-state index in [1.165, 1.54) is 0 Å². The minimum Gasteiger partial charge on any atom is -0.378 e. The fraction of sp³-hybridized carbons (Fsp3) is 0.227. The number of anilines is 3. The molecular weight excluding hydrogens is 408 g/mol. The Morgan fingerprint density at radius 1 is 1.12 bits per heavy atom. The Morgan fingerprint density at radius 3 is 2.75 bits per heavy atom. The number of amides is 1. The summed E-state index contributed by atoms with van der Waals surface area (Å²) in [5, 5.41) is 11.3. The molecule has 1 amide bonds. The average Bonchev–Trinajstić information content (AvgIpc) is 3.30. The number of aromatic nitrogens is 5. The van der Waals surface area contributed by atoms with Crippen LogP contribution in [0.3, 0.4) is 0 Å². The van der Waals surface area contributed by atoms with E-state index in [-0.39, 0.29) is 0 Å². The first-order valence-corrected chi connectivity index (χ1v) is 10.3. The molecule has 10 heteroatoms. The van der Waals surface area contributed by atoms with Crippen LogP contribution in [0, 0.1) is 6.92 Å². The first-order chi connectivity index (χ1) is 15.6. The number of carbonyl (C=O) groups excluding carboxylic acids is 1. The zero-order chi connectivity index (χ0) is 22.1. The van der Waals surface area contributed by atoms with Crippen LogP contribution < -0.4 is 16.0 Å². The van der Waals surface area contributed by atoms with Crippen molar-refractivity contribution in [1.29, 1.82) is 0 Å². The monoisotopic (exact) mass is 430 g/mol. The van der Waals surface area contributed by atoms with E-state index in [0.29, 0.717) is 55.3 Å². The largest absolute Gasteiger partial charge is 0.378 e. The number of benzene rings is 2. The summed E-state index contributed by atoms with van der Waals surface area (Å²) >= 11 is 0. The third kappa shape index (κ3) is 3.71. The highest BCUT2D eigenvalue weighted by atomic mass is 16.5. The van der Waals surface area contributed by atoms with E-state index < -0.39 is 5.91 Å². The number of carbonyl (C=O) groups is 1. The predicted octanol–water partition coefficient (Wildman–Crippen LogP) is 2.40. The fourth-order valence-electron chi connectivity index (χ4n) is 3.77. The molecule has 32 heavy (non-hydrogen) atoms. The molecule has 2 aromatic heterocycles. The smallest absolute Gasteiger partial charge is 0.249 e. The standard InChI is InChI=1S/C22H22N8O2/c1-13-14(19(23)31)4-2-6-17(13)25-21-26-20(15-5-3-7-18-16(15)12-24-29-18)27-22(28-21)30-8-10-32-11-9-30/h2-7,12H,8-11H2,1H3,(H2,23,31)(H,24,29)(H,25,26,27,28). The van der Waals surface area contributed by atoms with Gasteiger partial charge in [0.25, 0.3) is 0 Å². The maximum Gasteiger partial charge on any atom is 0.249 e. The van der Waals surface area contributed by atoms with Gasteiger partial charge in [-0.2, -0.15) is 20.1 Å². The van der Waals surface area contributed by atoms with Gasteiger partial charge in [-0.05, 0) is 30.7 Å². The summed E-state index contributed by atoms with van der Waals surface area (Å²) in [4.78, 5) is 27.9. The van der Waals surface area contributed by atoms with E-state index in [0.717, 1.165) is 22.0 Å². The van der Waals surface area contributed by atoms with Gasteiger partial charge in [-0.25, -0.2) is 0 Å². The van der Waals surface area contributed by atoms with Crippen molar-refractivity contribution in [1.82, 2.24) is 25.1 Å².